The molecular weight excluding hydrogens is 336 g/mol. The molecule has 1 fully saturated rings. The molecule has 6 heteroatoms. The summed E-state index contributed by atoms with van der Waals surface area (Å²) in [6.07, 6.45) is 5.55. The lowest BCUT2D eigenvalue weighted by molar-refractivity contribution is -0.224. The van der Waals surface area contributed by atoms with E-state index < -0.39 is 12.3 Å². The fourth-order valence-corrected chi connectivity index (χ4v) is 3.53. The highest BCUT2D eigenvalue weighted by Crippen LogP contribution is 2.42. The van der Waals surface area contributed by atoms with Crippen molar-refractivity contribution >= 4 is 12.3 Å². The summed E-state index contributed by atoms with van der Waals surface area (Å²) in [7, 11) is 0. The summed E-state index contributed by atoms with van der Waals surface area (Å²) in [6, 6.07) is 0. The summed E-state index contributed by atoms with van der Waals surface area (Å²) in [5, 5.41) is 0. The molecular formula is C20H36O6. The molecule has 0 amide bonds. The van der Waals surface area contributed by atoms with Crippen LogP contribution in [0.4, 0.5) is 9.59 Å². The Morgan fingerprint density at radius 1 is 0.962 bits per heavy atom. The van der Waals surface area contributed by atoms with Gasteiger partial charge in [0.15, 0.2) is 0 Å². The molecule has 3 unspecified atom stereocenters. The Bertz CT molecular complexity index is 429. The topological polar surface area (TPSA) is 71.1 Å². The van der Waals surface area contributed by atoms with Crippen molar-refractivity contribution in [2.45, 2.75) is 92.1 Å². The van der Waals surface area contributed by atoms with Gasteiger partial charge in [-0.15, -0.1) is 0 Å². The van der Waals surface area contributed by atoms with Crippen molar-refractivity contribution in [3.63, 3.8) is 0 Å². The minimum Gasteiger partial charge on any atom is -0.432 e. The zero-order valence-corrected chi connectivity index (χ0v) is 17.0. The Balaban J connectivity index is 2.28. The van der Waals surface area contributed by atoms with Gasteiger partial charge in [-0.05, 0) is 49.4 Å². The van der Waals surface area contributed by atoms with Crippen LogP contribution in [0.3, 0.4) is 0 Å². The SMILES string of the molecule is CCCCCCOC(=O)OOC(=O)OC1CCC(C(C)(C)C)CC1CC. The van der Waals surface area contributed by atoms with Crippen LogP contribution in [-0.2, 0) is 19.2 Å². The monoisotopic (exact) mass is 372 g/mol. The lowest BCUT2D eigenvalue weighted by atomic mass is 9.67. The van der Waals surface area contributed by atoms with E-state index >= 15 is 0 Å². The maximum atomic E-state index is 11.8. The maximum Gasteiger partial charge on any atom is 0.550 e. The minimum atomic E-state index is -1.01. The lowest BCUT2D eigenvalue weighted by Gasteiger charge is -2.40. The van der Waals surface area contributed by atoms with E-state index in [9.17, 15) is 9.59 Å². The Kier molecular flexibility index (Phi) is 9.81. The molecule has 1 saturated carbocycles. The molecule has 6 nitrogen and oxygen atoms in total. The van der Waals surface area contributed by atoms with Crippen LogP contribution in [-0.4, -0.2) is 25.0 Å². The smallest absolute Gasteiger partial charge is 0.432 e. The van der Waals surface area contributed by atoms with E-state index in [1.54, 1.807) is 0 Å². The molecule has 1 aliphatic rings. The number of unbranched alkanes of at least 4 members (excludes halogenated alkanes) is 3. The van der Waals surface area contributed by atoms with Crippen LogP contribution < -0.4 is 0 Å². The predicted molar refractivity (Wildman–Crippen MR) is 98.5 cm³/mol. The van der Waals surface area contributed by atoms with Crippen LogP contribution in [0.25, 0.3) is 0 Å². The normalized spacial score (nSPS) is 23.2. The summed E-state index contributed by atoms with van der Waals surface area (Å²) in [5.74, 6) is 0.910. The van der Waals surface area contributed by atoms with Crippen LogP contribution in [0.15, 0.2) is 0 Å². The van der Waals surface area contributed by atoms with Crippen molar-refractivity contribution in [1.29, 1.82) is 0 Å². The maximum absolute atomic E-state index is 11.8. The van der Waals surface area contributed by atoms with Crippen molar-refractivity contribution in [3.05, 3.63) is 0 Å². The van der Waals surface area contributed by atoms with Gasteiger partial charge in [-0.2, -0.15) is 19.4 Å². The largest absolute Gasteiger partial charge is 0.550 e. The van der Waals surface area contributed by atoms with E-state index in [1.807, 2.05) is 0 Å². The Labute approximate surface area is 157 Å². The zero-order chi connectivity index (χ0) is 19.6. The fourth-order valence-electron chi connectivity index (χ4n) is 3.53. The first-order valence-electron chi connectivity index (χ1n) is 9.99. The van der Waals surface area contributed by atoms with E-state index in [4.69, 9.17) is 9.47 Å². The molecule has 1 rings (SSSR count). The summed E-state index contributed by atoms with van der Waals surface area (Å²) in [4.78, 5) is 32.0. The van der Waals surface area contributed by atoms with Crippen LogP contribution >= 0.6 is 0 Å². The fraction of sp³-hybridized carbons (Fsp3) is 0.900. The standard InChI is InChI=1S/C20H36O6/c1-6-8-9-10-13-23-18(21)25-26-19(22)24-17-12-11-16(20(3,4)5)14-15(17)7-2/h15-17H,6-14H2,1-5H3. The second kappa shape index (κ2) is 11.3. The lowest BCUT2D eigenvalue weighted by Crippen LogP contribution is -2.37. The highest BCUT2D eigenvalue weighted by Gasteiger charge is 2.37. The first-order valence-corrected chi connectivity index (χ1v) is 9.99. The van der Waals surface area contributed by atoms with Gasteiger partial charge in [0.1, 0.15) is 6.10 Å². The van der Waals surface area contributed by atoms with Crippen LogP contribution in [0, 0.1) is 17.3 Å². The molecule has 3 atom stereocenters. The first kappa shape index (κ1) is 22.6. The van der Waals surface area contributed by atoms with Gasteiger partial charge in [-0.3, -0.25) is 0 Å². The van der Waals surface area contributed by atoms with Gasteiger partial charge in [-0.1, -0.05) is 53.9 Å². The van der Waals surface area contributed by atoms with Crippen molar-refractivity contribution in [2.24, 2.45) is 17.3 Å². The summed E-state index contributed by atoms with van der Waals surface area (Å²) in [5.41, 5.74) is 0.253. The van der Waals surface area contributed by atoms with Gasteiger partial charge >= 0.3 is 12.3 Å². The van der Waals surface area contributed by atoms with Crippen LogP contribution in [0.2, 0.25) is 0 Å². The number of rotatable bonds is 7. The summed E-state index contributed by atoms with van der Waals surface area (Å²) in [6.45, 7) is 11.2. The predicted octanol–water partition coefficient (Wildman–Crippen LogP) is 6.03. The number of carbonyl (C=O) groups is 2. The molecule has 0 N–H and O–H groups in total. The molecule has 26 heavy (non-hydrogen) atoms. The van der Waals surface area contributed by atoms with Crippen molar-refractivity contribution in [1.82, 2.24) is 0 Å². The average molecular weight is 373 g/mol. The zero-order valence-electron chi connectivity index (χ0n) is 17.0. The molecule has 0 spiro atoms. The summed E-state index contributed by atoms with van der Waals surface area (Å²) < 4.78 is 10.2. The van der Waals surface area contributed by atoms with Gasteiger partial charge in [-0.25, -0.2) is 0 Å². The van der Waals surface area contributed by atoms with Crippen molar-refractivity contribution in [3.8, 4) is 0 Å². The first-order chi connectivity index (χ1) is 12.3. The third-order valence-electron chi connectivity index (χ3n) is 5.30. The van der Waals surface area contributed by atoms with Gasteiger partial charge in [0, 0.05) is 0 Å². The molecule has 0 radical (unpaired) electrons. The van der Waals surface area contributed by atoms with Gasteiger partial charge in [0.25, 0.3) is 0 Å². The molecule has 0 saturated heterocycles. The number of carbonyl (C=O) groups excluding carboxylic acids is 2. The van der Waals surface area contributed by atoms with Gasteiger partial charge < -0.3 is 9.47 Å². The third kappa shape index (κ3) is 8.28. The third-order valence-corrected chi connectivity index (χ3v) is 5.30. The molecule has 0 aromatic heterocycles. The van der Waals surface area contributed by atoms with Crippen LogP contribution in [0.1, 0.15) is 86.0 Å². The summed E-state index contributed by atoms with van der Waals surface area (Å²) >= 11 is 0. The van der Waals surface area contributed by atoms with Gasteiger partial charge in [0.2, 0.25) is 0 Å². The number of hydrogen-bond acceptors (Lipinski definition) is 6. The minimum absolute atomic E-state index is 0.195. The second-order valence-corrected chi connectivity index (χ2v) is 8.28. The van der Waals surface area contributed by atoms with E-state index in [0.29, 0.717) is 11.8 Å². The molecule has 0 bridgehead atoms. The van der Waals surface area contributed by atoms with E-state index in [2.05, 4.69) is 44.4 Å². The van der Waals surface area contributed by atoms with Crippen molar-refractivity contribution in [2.75, 3.05) is 6.61 Å². The van der Waals surface area contributed by atoms with E-state index in [1.165, 1.54) is 0 Å². The second-order valence-electron chi connectivity index (χ2n) is 8.28. The molecule has 0 aliphatic heterocycles. The molecule has 0 aromatic carbocycles. The molecule has 0 aromatic rings. The quantitative estimate of drug-likeness (QED) is 0.235. The van der Waals surface area contributed by atoms with E-state index in [0.717, 1.165) is 51.4 Å². The van der Waals surface area contributed by atoms with E-state index in [-0.39, 0.29) is 18.1 Å². The van der Waals surface area contributed by atoms with Crippen molar-refractivity contribution < 1.29 is 28.8 Å². The Morgan fingerprint density at radius 2 is 1.65 bits per heavy atom. The number of ether oxygens (including phenoxy) is 2. The molecule has 152 valence electrons. The Morgan fingerprint density at radius 3 is 2.27 bits per heavy atom. The Hall–Kier alpha value is -1.46. The van der Waals surface area contributed by atoms with Crippen LogP contribution in [0.5, 0.6) is 0 Å². The van der Waals surface area contributed by atoms with Gasteiger partial charge in [0.05, 0.1) is 6.61 Å². The number of hydrogen-bond donors (Lipinski definition) is 0. The highest BCUT2D eigenvalue weighted by atomic mass is 17.3. The average Bonchev–Trinajstić information content (AvgIpc) is 2.59. The highest BCUT2D eigenvalue weighted by molar-refractivity contribution is 5.63. The molecule has 0 heterocycles. The molecule has 1 aliphatic carbocycles.